The molecule has 0 aliphatic heterocycles. The Morgan fingerprint density at radius 1 is 1.38 bits per heavy atom. The largest absolute Gasteiger partial charge is 0.504 e. The number of rotatable bonds is 6. The number of hydrogen-bond donors (Lipinski definition) is 3. The van der Waals surface area contributed by atoms with Gasteiger partial charge in [0.15, 0.2) is 17.5 Å². The normalized spacial score (nSPS) is 14.3. The van der Waals surface area contributed by atoms with Gasteiger partial charge in [0.05, 0.1) is 13.2 Å². The van der Waals surface area contributed by atoms with E-state index in [1.807, 2.05) is 19.1 Å². The lowest BCUT2D eigenvalue weighted by Gasteiger charge is -2.11. The summed E-state index contributed by atoms with van der Waals surface area (Å²) in [6.07, 6.45) is 2.44. The Morgan fingerprint density at radius 3 is 2.76 bits per heavy atom. The van der Waals surface area contributed by atoms with Crippen molar-refractivity contribution in [3.63, 3.8) is 0 Å². The molecule has 0 heterocycles. The first-order chi connectivity index (χ1) is 9.72. The van der Waals surface area contributed by atoms with Crippen molar-refractivity contribution >= 4 is 29.9 Å². The van der Waals surface area contributed by atoms with Crippen molar-refractivity contribution in [2.75, 3.05) is 13.2 Å². The third-order valence-corrected chi connectivity index (χ3v) is 3.01. The summed E-state index contributed by atoms with van der Waals surface area (Å²) in [5, 5.41) is 16.3. The summed E-state index contributed by atoms with van der Waals surface area (Å²) in [4.78, 5) is 4.55. The van der Waals surface area contributed by atoms with Crippen molar-refractivity contribution in [2.24, 2.45) is 4.99 Å². The lowest BCUT2D eigenvalue weighted by molar-refractivity contribution is 0.318. The van der Waals surface area contributed by atoms with Gasteiger partial charge in [-0.1, -0.05) is 6.07 Å². The predicted octanol–water partition coefficient (Wildman–Crippen LogP) is 2.63. The highest BCUT2D eigenvalue weighted by Gasteiger charge is 2.22. The Labute approximate surface area is 143 Å². The molecule has 0 radical (unpaired) electrons. The van der Waals surface area contributed by atoms with Crippen molar-refractivity contribution < 1.29 is 9.84 Å². The van der Waals surface area contributed by atoms with E-state index in [1.165, 1.54) is 12.8 Å². The predicted molar refractivity (Wildman–Crippen MR) is 95.7 cm³/mol. The number of guanidine groups is 1. The van der Waals surface area contributed by atoms with Crippen LogP contribution in [0, 0.1) is 0 Å². The SMILES string of the molecule is CCNC(=NCc1ccc(O)c(OCC)c1)NC1CC1.I. The number of phenols is 1. The van der Waals surface area contributed by atoms with Gasteiger partial charge in [-0.3, -0.25) is 0 Å². The van der Waals surface area contributed by atoms with E-state index >= 15 is 0 Å². The molecule has 0 bridgehead atoms. The van der Waals surface area contributed by atoms with E-state index in [0.717, 1.165) is 18.1 Å². The molecule has 0 unspecified atom stereocenters. The number of aromatic hydroxyl groups is 1. The molecule has 1 aliphatic carbocycles. The van der Waals surface area contributed by atoms with E-state index in [2.05, 4.69) is 22.5 Å². The summed E-state index contributed by atoms with van der Waals surface area (Å²) in [7, 11) is 0. The van der Waals surface area contributed by atoms with E-state index in [-0.39, 0.29) is 29.7 Å². The number of hydrogen-bond acceptors (Lipinski definition) is 3. The second kappa shape index (κ2) is 8.96. The molecule has 6 heteroatoms. The molecule has 118 valence electrons. The minimum absolute atomic E-state index is 0. The van der Waals surface area contributed by atoms with Gasteiger partial charge in [-0.25, -0.2) is 4.99 Å². The molecule has 0 amide bonds. The highest BCUT2D eigenvalue weighted by molar-refractivity contribution is 14.0. The van der Waals surface area contributed by atoms with Gasteiger partial charge in [0, 0.05) is 12.6 Å². The van der Waals surface area contributed by atoms with Crippen LogP contribution >= 0.6 is 24.0 Å². The van der Waals surface area contributed by atoms with Crippen LogP contribution in [0.1, 0.15) is 32.3 Å². The number of aliphatic imine (C=N–C) groups is 1. The van der Waals surface area contributed by atoms with Crippen molar-refractivity contribution in [3.8, 4) is 11.5 Å². The first kappa shape index (κ1) is 17.9. The van der Waals surface area contributed by atoms with Crippen LogP contribution in [0.5, 0.6) is 11.5 Å². The van der Waals surface area contributed by atoms with Gasteiger partial charge in [0.2, 0.25) is 0 Å². The molecule has 5 nitrogen and oxygen atoms in total. The molecule has 3 N–H and O–H groups in total. The minimum Gasteiger partial charge on any atom is -0.504 e. The molecule has 0 saturated heterocycles. The van der Waals surface area contributed by atoms with Crippen LogP contribution in [0.15, 0.2) is 23.2 Å². The van der Waals surface area contributed by atoms with E-state index in [0.29, 0.717) is 24.9 Å². The zero-order chi connectivity index (χ0) is 14.4. The van der Waals surface area contributed by atoms with Crippen LogP contribution in [0.25, 0.3) is 0 Å². The lowest BCUT2D eigenvalue weighted by atomic mass is 10.2. The molecular formula is C15H24IN3O2. The Hall–Kier alpha value is -1.18. The van der Waals surface area contributed by atoms with Crippen LogP contribution in [0.2, 0.25) is 0 Å². The van der Waals surface area contributed by atoms with E-state index in [9.17, 15) is 5.11 Å². The minimum atomic E-state index is 0. The fourth-order valence-corrected chi connectivity index (χ4v) is 1.84. The summed E-state index contributed by atoms with van der Waals surface area (Å²) < 4.78 is 5.38. The summed E-state index contributed by atoms with van der Waals surface area (Å²) in [5.74, 6) is 1.53. The lowest BCUT2D eigenvalue weighted by Crippen LogP contribution is -2.38. The number of benzene rings is 1. The molecule has 1 aliphatic rings. The Morgan fingerprint density at radius 2 is 2.14 bits per heavy atom. The van der Waals surface area contributed by atoms with Crippen molar-refractivity contribution in [1.29, 1.82) is 0 Å². The smallest absolute Gasteiger partial charge is 0.191 e. The molecule has 0 atom stereocenters. The highest BCUT2D eigenvalue weighted by atomic mass is 127. The zero-order valence-electron chi connectivity index (χ0n) is 12.6. The van der Waals surface area contributed by atoms with Gasteiger partial charge in [-0.15, -0.1) is 24.0 Å². The molecular weight excluding hydrogens is 381 g/mol. The molecule has 1 fully saturated rings. The van der Waals surface area contributed by atoms with Crippen LogP contribution in [0.4, 0.5) is 0 Å². The van der Waals surface area contributed by atoms with Crippen LogP contribution < -0.4 is 15.4 Å². The summed E-state index contributed by atoms with van der Waals surface area (Å²) >= 11 is 0. The molecule has 1 saturated carbocycles. The average molecular weight is 405 g/mol. The maximum atomic E-state index is 9.67. The average Bonchev–Trinajstić information content (AvgIpc) is 3.24. The van der Waals surface area contributed by atoms with Gasteiger partial charge in [0.1, 0.15) is 0 Å². The van der Waals surface area contributed by atoms with Gasteiger partial charge < -0.3 is 20.5 Å². The molecule has 1 aromatic carbocycles. The molecule has 1 aromatic rings. The standard InChI is InChI=1S/C15H23N3O2.HI/c1-3-16-15(18-12-6-7-12)17-10-11-5-8-13(19)14(9-11)20-4-2;/h5,8-9,12,19H,3-4,6-7,10H2,1-2H3,(H2,16,17,18);1H. The van der Waals surface area contributed by atoms with Crippen molar-refractivity contribution in [1.82, 2.24) is 10.6 Å². The quantitative estimate of drug-likeness (QED) is 0.387. The summed E-state index contributed by atoms with van der Waals surface area (Å²) in [6, 6.07) is 5.92. The molecule has 0 spiro atoms. The number of halogens is 1. The maximum absolute atomic E-state index is 9.67. The van der Waals surface area contributed by atoms with Gasteiger partial charge in [-0.2, -0.15) is 0 Å². The Bertz CT molecular complexity index is 476. The Kier molecular flexibility index (Phi) is 7.63. The fourth-order valence-electron chi connectivity index (χ4n) is 1.84. The maximum Gasteiger partial charge on any atom is 0.191 e. The molecule has 21 heavy (non-hydrogen) atoms. The van der Waals surface area contributed by atoms with E-state index < -0.39 is 0 Å². The van der Waals surface area contributed by atoms with Crippen LogP contribution in [-0.2, 0) is 6.54 Å². The fraction of sp³-hybridized carbons (Fsp3) is 0.533. The van der Waals surface area contributed by atoms with Gasteiger partial charge >= 0.3 is 0 Å². The molecule has 0 aromatic heterocycles. The molecule has 2 rings (SSSR count). The van der Waals surface area contributed by atoms with E-state index in [4.69, 9.17) is 4.74 Å². The number of ether oxygens (including phenoxy) is 1. The third-order valence-electron chi connectivity index (χ3n) is 3.01. The van der Waals surface area contributed by atoms with Gasteiger partial charge in [-0.05, 0) is 44.4 Å². The monoisotopic (exact) mass is 405 g/mol. The second-order valence-corrected chi connectivity index (χ2v) is 4.85. The number of nitrogens with zero attached hydrogens (tertiary/aromatic N) is 1. The second-order valence-electron chi connectivity index (χ2n) is 4.85. The van der Waals surface area contributed by atoms with Gasteiger partial charge in [0.25, 0.3) is 0 Å². The first-order valence-electron chi connectivity index (χ1n) is 7.22. The number of nitrogens with one attached hydrogen (secondary N) is 2. The number of phenolic OH excluding ortho intramolecular Hbond substituents is 1. The zero-order valence-corrected chi connectivity index (χ0v) is 14.9. The first-order valence-corrected chi connectivity index (χ1v) is 7.22. The van der Waals surface area contributed by atoms with Crippen molar-refractivity contribution in [2.45, 2.75) is 39.3 Å². The Balaban J connectivity index is 0.00000220. The topological polar surface area (TPSA) is 65.9 Å². The summed E-state index contributed by atoms with van der Waals surface area (Å²) in [6.45, 7) is 5.89. The van der Waals surface area contributed by atoms with Crippen LogP contribution in [-0.4, -0.2) is 30.3 Å². The third kappa shape index (κ3) is 5.99. The van der Waals surface area contributed by atoms with Crippen LogP contribution in [0.3, 0.4) is 0 Å². The summed E-state index contributed by atoms with van der Waals surface area (Å²) in [5.41, 5.74) is 1.01. The van der Waals surface area contributed by atoms with E-state index in [1.54, 1.807) is 6.07 Å². The van der Waals surface area contributed by atoms with Crippen molar-refractivity contribution in [3.05, 3.63) is 23.8 Å². The highest BCUT2D eigenvalue weighted by Crippen LogP contribution is 2.27.